The Hall–Kier alpha value is -9.18. The minimum Gasteiger partial charge on any atom is -0.456 e. The first kappa shape index (κ1) is 40.1. The van der Waals surface area contributed by atoms with Crippen molar-refractivity contribution in [3.8, 4) is 61.3 Å². The van der Waals surface area contributed by atoms with Gasteiger partial charge in [0.25, 0.3) is 0 Å². The van der Waals surface area contributed by atoms with Gasteiger partial charge in [0.15, 0.2) is 0 Å². The lowest BCUT2D eigenvalue weighted by Gasteiger charge is -2.28. The third-order valence-corrected chi connectivity index (χ3v) is 13.6. The number of fused-ring (bicyclic) bond motifs is 6. The summed E-state index contributed by atoms with van der Waals surface area (Å²) in [5.41, 5.74) is 20.1. The number of nitrogens with zero attached hydrogens (tertiary/aromatic N) is 2. The van der Waals surface area contributed by atoms with Crippen molar-refractivity contribution >= 4 is 60.8 Å². The number of aromatic nitrogens is 1. The monoisotopic (exact) mass is 880 g/mol. The van der Waals surface area contributed by atoms with Crippen LogP contribution in [0.3, 0.4) is 0 Å². The summed E-state index contributed by atoms with van der Waals surface area (Å²) >= 11 is 0. The zero-order valence-electron chi connectivity index (χ0n) is 37.7. The van der Waals surface area contributed by atoms with E-state index in [4.69, 9.17) is 4.42 Å². The molecule has 0 aliphatic rings. The van der Waals surface area contributed by atoms with Crippen molar-refractivity contribution in [2.45, 2.75) is 0 Å². The van der Waals surface area contributed by atoms with Gasteiger partial charge in [0.05, 0.1) is 16.7 Å². The van der Waals surface area contributed by atoms with Crippen molar-refractivity contribution in [3.05, 3.63) is 267 Å². The number of rotatable bonds is 9. The van der Waals surface area contributed by atoms with Crippen LogP contribution < -0.4 is 4.90 Å². The lowest BCUT2D eigenvalue weighted by atomic mass is 9.97. The fraction of sp³-hybridized carbons (Fsp3) is 0. The van der Waals surface area contributed by atoms with Crippen molar-refractivity contribution < 1.29 is 4.42 Å². The second-order valence-electron chi connectivity index (χ2n) is 17.7. The fourth-order valence-corrected chi connectivity index (χ4v) is 10.3. The largest absolute Gasteiger partial charge is 0.456 e. The molecule has 69 heavy (non-hydrogen) atoms. The van der Waals surface area contributed by atoms with E-state index in [0.717, 1.165) is 78.1 Å². The molecule has 0 spiro atoms. The Morgan fingerprint density at radius 2 is 0.768 bits per heavy atom. The van der Waals surface area contributed by atoms with Gasteiger partial charge in [0.2, 0.25) is 0 Å². The predicted molar refractivity (Wildman–Crippen MR) is 290 cm³/mol. The molecule has 0 atom stereocenters. The summed E-state index contributed by atoms with van der Waals surface area (Å²) in [4.78, 5) is 2.39. The highest BCUT2D eigenvalue weighted by Gasteiger charge is 2.20. The first-order chi connectivity index (χ1) is 34.2. The summed E-state index contributed by atoms with van der Waals surface area (Å²) in [6.07, 6.45) is 0. The van der Waals surface area contributed by atoms with E-state index in [1.807, 2.05) is 12.1 Å². The fourth-order valence-electron chi connectivity index (χ4n) is 10.3. The van der Waals surface area contributed by atoms with Crippen LogP contribution in [0.2, 0.25) is 0 Å². The molecule has 0 saturated heterocycles. The quantitative estimate of drug-likeness (QED) is 0.144. The van der Waals surface area contributed by atoms with E-state index in [9.17, 15) is 0 Å². The normalized spacial score (nSPS) is 11.5. The highest BCUT2D eigenvalue weighted by atomic mass is 16.3. The van der Waals surface area contributed by atoms with Crippen LogP contribution in [0.5, 0.6) is 0 Å². The van der Waals surface area contributed by atoms with E-state index in [-0.39, 0.29) is 0 Å². The van der Waals surface area contributed by atoms with Gasteiger partial charge >= 0.3 is 0 Å². The van der Waals surface area contributed by atoms with E-state index in [1.54, 1.807) is 0 Å². The van der Waals surface area contributed by atoms with E-state index >= 15 is 0 Å². The number of hydrogen-bond donors (Lipinski definition) is 0. The summed E-state index contributed by atoms with van der Waals surface area (Å²) < 4.78 is 8.80. The van der Waals surface area contributed by atoms with Crippen LogP contribution in [0.4, 0.5) is 17.1 Å². The van der Waals surface area contributed by atoms with E-state index in [2.05, 4.69) is 264 Å². The maximum Gasteiger partial charge on any atom is 0.136 e. The second-order valence-corrected chi connectivity index (χ2v) is 17.7. The molecule has 0 bridgehead atoms. The molecule has 11 aromatic carbocycles. The maximum atomic E-state index is 6.42. The molecule has 0 saturated carbocycles. The topological polar surface area (TPSA) is 21.3 Å². The van der Waals surface area contributed by atoms with Crippen molar-refractivity contribution in [2.75, 3.05) is 4.90 Å². The van der Waals surface area contributed by atoms with Crippen molar-refractivity contribution in [2.24, 2.45) is 0 Å². The number of hydrogen-bond acceptors (Lipinski definition) is 2. The Kier molecular flexibility index (Phi) is 9.84. The van der Waals surface area contributed by atoms with Crippen LogP contribution in [0.15, 0.2) is 271 Å². The molecule has 3 heteroatoms. The Bertz CT molecular complexity index is 3960. The molecular formula is C66H44N2O. The molecule has 0 amide bonds. The van der Waals surface area contributed by atoms with E-state index in [1.165, 1.54) is 44.1 Å². The molecule has 2 aromatic heterocycles. The third-order valence-electron chi connectivity index (χ3n) is 13.6. The highest BCUT2D eigenvalue weighted by molar-refractivity contribution is 6.09. The maximum absolute atomic E-state index is 6.42. The zero-order chi connectivity index (χ0) is 45.7. The van der Waals surface area contributed by atoms with Crippen LogP contribution in [-0.2, 0) is 0 Å². The molecule has 0 radical (unpaired) electrons. The highest BCUT2D eigenvalue weighted by Crippen LogP contribution is 2.44. The summed E-state index contributed by atoms with van der Waals surface area (Å²) in [7, 11) is 0. The molecule has 3 nitrogen and oxygen atoms in total. The SMILES string of the molecule is c1ccc(-c2ccc(-c3cccc(N(c4ccc(-c5cccc(-c6cccc(-n7c8ccccc8c8ccccc87)c6)c5)cc4)c4ccccc4-c4ccc5c(c4)oc4ccccc45)c3)cc2)cc1. The van der Waals surface area contributed by atoms with Crippen LogP contribution in [0, 0.1) is 0 Å². The van der Waals surface area contributed by atoms with Crippen LogP contribution >= 0.6 is 0 Å². The Morgan fingerprint density at radius 3 is 1.51 bits per heavy atom. The minimum atomic E-state index is 0.876. The van der Waals surface area contributed by atoms with Gasteiger partial charge in [0.1, 0.15) is 11.2 Å². The first-order valence-electron chi connectivity index (χ1n) is 23.6. The molecular weight excluding hydrogens is 837 g/mol. The summed E-state index contributed by atoms with van der Waals surface area (Å²) in [5, 5.41) is 4.76. The molecule has 13 rings (SSSR count). The van der Waals surface area contributed by atoms with Gasteiger partial charge in [0, 0.05) is 44.2 Å². The second kappa shape index (κ2) is 16.9. The van der Waals surface area contributed by atoms with Gasteiger partial charge in [-0.2, -0.15) is 0 Å². The molecule has 0 fully saturated rings. The van der Waals surface area contributed by atoms with Crippen LogP contribution in [-0.4, -0.2) is 4.57 Å². The number of anilines is 3. The van der Waals surface area contributed by atoms with Gasteiger partial charge in [-0.25, -0.2) is 0 Å². The van der Waals surface area contributed by atoms with Crippen LogP contribution in [0.25, 0.3) is 105 Å². The van der Waals surface area contributed by atoms with Gasteiger partial charge in [-0.15, -0.1) is 0 Å². The minimum absolute atomic E-state index is 0.876. The predicted octanol–water partition coefficient (Wildman–Crippen LogP) is 18.5. The molecule has 0 unspecified atom stereocenters. The molecule has 0 aliphatic carbocycles. The number of benzene rings is 11. The lowest BCUT2D eigenvalue weighted by molar-refractivity contribution is 0.669. The van der Waals surface area contributed by atoms with Crippen molar-refractivity contribution in [1.29, 1.82) is 0 Å². The van der Waals surface area contributed by atoms with Gasteiger partial charge in [-0.1, -0.05) is 188 Å². The molecule has 2 heterocycles. The standard InChI is InChI=1S/C66H44N2O/c1-2-15-45(16-3-1)46-31-33-47(34-32-46)51-19-13-21-55(42-51)67(62-27-8-4-23-57(62)53-37-40-61-60-26-7-11-30-65(60)69-66(61)44-53)54-38-35-48(36-39-54)49-17-12-18-50(41-49)52-20-14-22-56(43-52)68-63-28-9-5-24-58(63)59-25-6-10-29-64(59)68/h1-44H. The van der Waals surface area contributed by atoms with E-state index in [0.29, 0.717) is 0 Å². The third kappa shape index (κ3) is 7.25. The Labute approximate surface area is 401 Å². The molecule has 0 aliphatic heterocycles. The van der Waals surface area contributed by atoms with E-state index < -0.39 is 0 Å². The Morgan fingerprint density at radius 1 is 0.275 bits per heavy atom. The number of para-hydroxylation sites is 4. The smallest absolute Gasteiger partial charge is 0.136 e. The average Bonchev–Trinajstić information content (AvgIpc) is 3.97. The lowest BCUT2D eigenvalue weighted by Crippen LogP contribution is -2.11. The average molecular weight is 881 g/mol. The first-order valence-corrected chi connectivity index (χ1v) is 23.6. The summed E-state index contributed by atoms with van der Waals surface area (Å²) in [5.74, 6) is 0. The molecule has 0 N–H and O–H groups in total. The zero-order valence-corrected chi connectivity index (χ0v) is 37.7. The molecule has 13 aromatic rings. The summed E-state index contributed by atoms with van der Waals surface area (Å²) in [6, 6.07) is 96.1. The van der Waals surface area contributed by atoms with Gasteiger partial charge in [-0.3, -0.25) is 0 Å². The van der Waals surface area contributed by atoms with Gasteiger partial charge < -0.3 is 13.9 Å². The van der Waals surface area contributed by atoms with Crippen molar-refractivity contribution in [1.82, 2.24) is 4.57 Å². The van der Waals surface area contributed by atoms with Gasteiger partial charge in [-0.05, 0) is 129 Å². The number of furan rings is 1. The van der Waals surface area contributed by atoms with Crippen LogP contribution in [0.1, 0.15) is 0 Å². The molecule has 324 valence electrons. The summed E-state index contributed by atoms with van der Waals surface area (Å²) in [6.45, 7) is 0. The van der Waals surface area contributed by atoms with Crippen molar-refractivity contribution in [3.63, 3.8) is 0 Å². The Balaban J connectivity index is 0.885.